The molecular weight excluding hydrogens is 184 g/mol. The second-order valence-electron chi connectivity index (χ2n) is 3.04. The van der Waals surface area contributed by atoms with Crippen molar-refractivity contribution in [2.45, 2.75) is 39.7 Å². The van der Waals surface area contributed by atoms with Crippen molar-refractivity contribution in [3.63, 3.8) is 0 Å². The van der Waals surface area contributed by atoms with Gasteiger partial charge >= 0.3 is 8.56 Å². The summed E-state index contributed by atoms with van der Waals surface area (Å²) in [5.41, 5.74) is 0. The van der Waals surface area contributed by atoms with Crippen molar-refractivity contribution in [1.82, 2.24) is 0 Å². The molecular formula is C9H22O3Si. The van der Waals surface area contributed by atoms with Crippen LogP contribution in [-0.2, 0) is 8.85 Å². The molecule has 0 unspecified atom stereocenters. The highest BCUT2D eigenvalue weighted by Crippen LogP contribution is 2.16. The first-order valence-electron chi connectivity index (χ1n) is 5.13. The van der Waals surface area contributed by atoms with Gasteiger partial charge in [-0.1, -0.05) is 19.8 Å². The first-order chi connectivity index (χ1) is 6.24. The molecule has 0 aromatic carbocycles. The van der Waals surface area contributed by atoms with Crippen LogP contribution in [0.15, 0.2) is 0 Å². The summed E-state index contributed by atoms with van der Waals surface area (Å²) in [6.45, 7) is 7.30. The van der Waals surface area contributed by atoms with Crippen molar-refractivity contribution in [2.75, 3.05) is 19.4 Å². The van der Waals surface area contributed by atoms with Crippen molar-refractivity contribution >= 4 is 8.56 Å². The zero-order chi connectivity index (χ0) is 10.2. The second-order valence-corrected chi connectivity index (χ2v) is 6.25. The molecule has 0 saturated carbocycles. The van der Waals surface area contributed by atoms with Crippen LogP contribution in [0.3, 0.4) is 0 Å². The van der Waals surface area contributed by atoms with E-state index in [1.807, 2.05) is 13.8 Å². The summed E-state index contributed by atoms with van der Waals surface area (Å²) in [5, 5.41) is 9.28. The molecule has 1 N–H and O–H groups in total. The van der Waals surface area contributed by atoms with Crippen LogP contribution < -0.4 is 0 Å². The molecule has 13 heavy (non-hydrogen) atoms. The number of aliphatic hydroxyl groups is 1. The van der Waals surface area contributed by atoms with Gasteiger partial charge in [-0.3, -0.25) is 0 Å². The van der Waals surface area contributed by atoms with Crippen LogP contribution in [0.4, 0.5) is 0 Å². The van der Waals surface area contributed by atoms with Crippen LogP contribution in [0.1, 0.15) is 33.6 Å². The van der Waals surface area contributed by atoms with Gasteiger partial charge < -0.3 is 14.0 Å². The highest BCUT2D eigenvalue weighted by Gasteiger charge is 2.35. The Bertz CT molecular complexity index is 113. The normalized spacial score (nSPS) is 12.0. The van der Waals surface area contributed by atoms with Gasteiger partial charge in [0, 0.05) is 13.2 Å². The van der Waals surface area contributed by atoms with E-state index in [1.165, 1.54) is 0 Å². The molecule has 0 fully saturated rings. The Kier molecular flexibility index (Phi) is 7.55. The molecule has 0 rings (SSSR count). The highest BCUT2D eigenvalue weighted by atomic mass is 28.4. The summed E-state index contributed by atoms with van der Waals surface area (Å²) >= 11 is 0. The van der Waals surface area contributed by atoms with Gasteiger partial charge in [0.1, 0.15) is 0 Å². The van der Waals surface area contributed by atoms with E-state index >= 15 is 0 Å². The molecule has 0 radical (unpaired) electrons. The van der Waals surface area contributed by atoms with E-state index in [2.05, 4.69) is 6.92 Å². The second kappa shape index (κ2) is 7.50. The molecule has 0 aromatic rings. The lowest BCUT2D eigenvalue weighted by atomic mass is 10.4. The summed E-state index contributed by atoms with van der Waals surface area (Å²) in [6, 6.07) is 0.904. The van der Waals surface area contributed by atoms with Crippen molar-refractivity contribution in [3.8, 4) is 0 Å². The van der Waals surface area contributed by atoms with Crippen LogP contribution in [0.5, 0.6) is 0 Å². The van der Waals surface area contributed by atoms with Gasteiger partial charge in [0.15, 0.2) is 0 Å². The van der Waals surface area contributed by atoms with Gasteiger partial charge in [-0.25, -0.2) is 0 Å². The Morgan fingerprint density at radius 3 is 1.92 bits per heavy atom. The predicted octanol–water partition coefficient (Wildman–Crippen LogP) is 1.83. The standard InChI is InChI=1S/C9H22O3Si/c1-4-7-8-13(9-10,11-5-2)12-6-3/h10H,4-9H2,1-3H3. The summed E-state index contributed by atoms with van der Waals surface area (Å²) in [6.07, 6.45) is 2.27. The van der Waals surface area contributed by atoms with E-state index in [0.717, 1.165) is 18.9 Å². The lowest BCUT2D eigenvalue weighted by Gasteiger charge is -2.27. The monoisotopic (exact) mass is 206 g/mol. The molecule has 80 valence electrons. The Morgan fingerprint density at radius 1 is 1.08 bits per heavy atom. The Balaban J connectivity index is 4.07. The van der Waals surface area contributed by atoms with E-state index in [1.54, 1.807) is 0 Å². The Morgan fingerprint density at radius 2 is 1.62 bits per heavy atom. The molecule has 0 aromatic heterocycles. The zero-order valence-corrected chi connectivity index (χ0v) is 10.0. The molecule has 0 amide bonds. The molecule has 4 heteroatoms. The fraction of sp³-hybridized carbons (Fsp3) is 1.00. The quantitative estimate of drug-likeness (QED) is 0.616. The largest absolute Gasteiger partial charge is 0.394 e. The first kappa shape index (κ1) is 13.1. The van der Waals surface area contributed by atoms with Crippen LogP contribution in [0.2, 0.25) is 6.04 Å². The molecule has 3 nitrogen and oxygen atoms in total. The topological polar surface area (TPSA) is 38.7 Å². The number of hydrogen-bond donors (Lipinski definition) is 1. The summed E-state index contributed by atoms with van der Waals surface area (Å²) in [7, 11) is -2.23. The van der Waals surface area contributed by atoms with Crippen molar-refractivity contribution in [1.29, 1.82) is 0 Å². The van der Waals surface area contributed by atoms with Gasteiger partial charge in [0.2, 0.25) is 0 Å². The third-order valence-corrected chi connectivity index (χ3v) is 5.19. The number of hydrogen-bond acceptors (Lipinski definition) is 3. The fourth-order valence-corrected chi connectivity index (χ4v) is 3.99. The molecule has 0 heterocycles. The molecule has 0 aliphatic carbocycles. The van der Waals surface area contributed by atoms with Crippen molar-refractivity contribution in [3.05, 3.63) is 0 Å². The predicted molar refractivity (Wildman–Crippen MR) is 55.8 cm³/mol. The third kappa shape index (κ3) is 4.76. The maximum absolute atomic E-state index is 9.28. The van der Waals surface area contributed by atoms with E-state index < -0.39 is 8.56 Å². The van der Waals surface area contributed by atoms with Crippen LogP contribution in [0.25, 0.3) is 0 Å². The average Bonchev–Trinajstić information content (AvgIpc) is 2.15. The van der Waals surface area contributed by atoms with Crippen LogP contribution in [0, 0.1) is 0 Å². The van der Waals surface area contributed by atoms with Gasteiger partial charge in [0.25, 0.3) is 0 Å². The van der Waals surface area contributed by atoms with Crippen molar-refractivity contribution in [2.24, 2.45) is 0 Å². The van der Waals surface area contributed by atoms with Gasteiger partial charge in [-0.15, -0.1) is 0 Å². The van der Waals surface area contributed by atoms with Gasteiger partial charge in [-0.05, 0) is 19.9 Å². The SMILES string of the molecule is CCCC[Si](CO)(OCC)OCC. The van der Waals surface area contributed by atoms with Gasteiger partial charge in [-0.2, -0.15) is 0 Å². The van der Waals surface area contributed by atoms with Crippen LogP contribution in [-0.4, -0.2) is 33.1 Å². The number of rotatable bonds is 8. The maximum atomic E-state index is 9.28. The van der Waals surface area contributed by atoms with E-state index in [4.69, 9.17) is 8.85 Å². The summed E-state index contributed by atoms with van der Waals surface area (Å²) < 4.78 is 11.2. The van der Waals surface area contributed by atoms with E-state index in [-0.39, 0.29) is 6.23 Å². The molecule has 0 bridgehead atoms. The summed E-state index contributed by atoms with van der Waals surface area (Å²) in [4.78, 5) is 0. The van der Waals surface area contributed by atoms with Gasteiger partial charge in [0.05, 0.1) is 6.23 Å². The minimum atomic E-state index is -2.23. The highest BCUT2D eigenvalue weighted by molar-refractivity contribution is 6.67. The fourth-order valence-electron chi connectivity index (χ4n) is 1.33. The molecule has 0 atom stereocenters. The molecule has 0 spiro atoms. The Labute approximate surface area is 82.3 Å². The minimum absolute atomic E-state index is 0.0781. The van der Waals surface area contributed by atoms with Crippen LogP contribution >= 0.6 is 0 Å². The average molecular weight is 206 g/mol. The number of aliphatic hydroxyl groups excluding tert-OH is 1. The number of unbranched alkanes of at least 4 members (excludes halogenated alkanes) is 1. The zero-order valence-electron chi connectivity index (χ0n) is 9.01. The first-order valence-corrected chi connectivity index (χ1v) is 7.36. The lowest BCUT2D eigenvalue weighted by Crippen LogP contribution is -2.46. The van der Waals surface area contributed by atoms with Crippen molar-refractivity contribution < 1.29 is 14.0 Å². The summed E-state index contributed by atoms with van der Waals surface area (Å²) in [5.74, 6) is 0. The molecule has 0 saturated heterocycles. The molecule has 0 aliphatic rings. The Hall–Kier alpha value is 0.0969. The maximum Gasteiger partial charge on any atom is 0.364 e. The molecule has 0 aliphatic heterocycles. The third-order valence-electron chi connectivity index (χ3n) is 1.97. The lowest BCUT2D eigenvalue weighted by molar-refractivity contribution is 0.151. The smallest absolute Gasteiger partial charge is 0.364 e. The van der Waals surface area contributed by atoms with E-state index in [9.17, 15) is 5.11 Å². The van der Waals surface area contributed by atoms with E-state index in [0.29, 0.717) is 13.2 Å². The minimum Gasteiger partial charge on any atom is -0.394 e.